The van der Waals surface area contributed by atoms with E-state index in [2.05, 4.69) is 15.1 Å². The lowest BCUT2D eigenvalue weighted by Crippen LogP contribution is -2.61. The Hall–Kier alpha value is -1.92. The van der Waals surface area contributed by atoms with Crippen molar-refractivity contribution in [3.63, 3.8) is 0 Å². The Morgan fingerprint density at radius 2 is 1.85 bits per heavy atom. The number of nitrogens with one attached hydrogen (secondary N) is 2. The van der Waals surface area contributed by atoms with E-state index in [-0.39, 0.29) is 17.9 Å². The van der Waals surface area contributed by atoms with Gasteiger partial charge >= 0.3 is 6.18 Å². The van der Waals surface area contributed by atoms with Gasteiger partial charge < -0.3 is 10.4 Å². The van der Waals surface area contributed by atoms with Crippen molar-refractivity contribution in [2.24, 2.45) is 17.8 Å². The van der Waals surface area contributed by atoms with Crippen molar-refractivity contribution in [2.45, 2.75) is 69.3 Å². The highest BCUT2D eigenvalue weighted by molar-refractivity contribution is 7.88. The normalized spacial score (nSPS) is 32.0. The van der Waals surface area contributed by atoms with Crippen LogP contribution in [0.1, 0.15) is 62.0 Å². The molecule has 5 rings (SSSR count). The minimum atomic E-state index is -4.86. The van der Waals surface area contributed by atoms with Crippen molar-refractivity contribution in [2.75, 3.05) is 6.26 Å². The van der Waals surface area contributed by atoms with Crippen LogP contribution in [0.5, 0.6) is 0 Å². The molecule has 1 amide bonds. The number of halogens is 3. The molecule has 2 unspecified atom stereocenters. The first-order valence-electron chi connectivity index (χ1n) is 10.9. The summed E-state index contributed by atoms with van der Waals surface area (Å²) in [7, 11) is -3.60. The number of nitrogens with zero attached hydrogens (tertiary/aromatic N) is 2. The molecule has 0 aromatic carbocycles. The summed E-state index contributed by atoms with van der Waals surface area (Å²) in [4.78, 5) is 12.9. The van der Waals surface area contributed by atoms with Crippen LogP contribution in [0.2, 0.25) is 0 Å². The van der Waals surface area contributed by atoms with E-state index >= 15 is 0 Å². The molecule has 0 saturated heterocycles. The minimum absolute atomic E-state index is 0.0531. The van der Waals surface area contributed by atoms with Crippen LogP contribution in [-0.4, -0.2) is 52.6 Å². The number of hydrogen-bond acceptors (Lipinski definition) is 5. The predicted octanol–water partition coefficient (Wildman–Crippen LogP) is 2.37. The largest absolute Gasteiger partial charge is 0.434 e. The molecule has 0 spiro atoms. The van der Waals surface area contributed by atoms with Crippen molar-refractivity contribution in [3.05, 3.63) is 23.5 Å². The molecule has 33 heavy (non-hydrogen) atoms. The molecular weight excluding hydrogens is 461 g/mol. The maximum absolute atomic E-state index is 13.9. The molecule has 4 aliphatic rings. The average Bonchev–Trinajstić information content (AvgIpc) is 3.04. The Balaban J connectivity index is 1.57. The van der Waals surface area contributed by atoms with Gasteiger partial charge in [-0.15, -0.1) is 0 Å². The highest BCUT2D eigenvalue weighted by atomic mass is 32.2. The summed E-state index contributed by atoms with van der Waals surface area (Å²) >= 11 is 0. The molecule has 3 N–H and O–H groups in total. The topological polar surface area (TPSA) is 113 Å². The van der Waals surface area contributed by atoms with Crippen molar-refractivity contribution in [3.8, 4) is 0 Å². The third-order valence-electron chi connectivity index (χ3n) is 6.93. The zero-order chi connectivity index (χ0) is 24.4. The van der Waals surface area contributed by atoms with Crippen molar-refractivity contribution in [1.29, 1.82) is 0 Å². The van der Waals surface area contributed by atoms with Gasteiger partial charge in [-0.2, -0.15) is 18.3 Å². The molecule has 2 atom stereocenters. The summed E-state index contributed by atoms with van der Waals surface area (Å²) in [5, 5.41) is 17.2. The Morgan fingerprint density at radius 3 is 2.36 bits per heavy atom. The molecule has 1 heterocycles. The van der Waals surface area contributed by atoms with Crippen molar-refractivity contribution >= 4 is 22.1 Å². The average molecular weight is 491 g/mol. The van der Waals surface area contributed by atoms with Crippen molar-refractivity contribution in [1.82, 2.24) is 19.8 Å². The van der Waals surface area contributed by atoms with Crippen molar-refractivity contribution < 1.29 is 31.5 Å². The Labute approximate surface area is 190 Å². The molecule has 1 aromatic rings. The van der Waals surface area contributed by atoms with E-state index in [1.807, 2.05) is 0 Å². The molecule has 184 valence electrons. The number of rotatable bonds is 6. The Bertz CT molecular complexity index is 1060. The first-order valence-corrected chi connectivity index (χ1v) is 12.8. The summed E-state index contributed by atoms with van der Waals surface area (Å²) in [5.41, 5.74) is -3.70. The van der Waals surface area contributed by atoms with E-state index in [1.54, 1.807) is 0 Å². The van der Waals surface area contributed by atoms with Crippen LogP contribution in [-0.2, 0) is 16.2 Å². The van der Waals surface area contributed by atoms with Gasteiger partial charge in [0.05, 0.1) is 23.6 Å². The molecule has 4 fully saturated rings. The molecule has 8 nitrogen and oxygen atoms in total. The summed E-state index contributed by atoms with van der Waals surface area (Å²) in [5.74, 6) is -0.335. The zero-order valence-electron chi connectivity index (χ0n) is 18.7. The summed E-state index contributed by atoms with van der Waals surface area (Å²) in [6, 6.07) is -0.271. The molecule has 12 heteroatoms. The van der Waals surface area contributed by atoms with Crippen LogP contribution >= 0.6 is 0 Å². The number of alkyl halides is 3. The third-order valence-corrected chi connectivity index (χ3v) is 7.82. The second-order valence-corrected chi connectivity index (χ2v) is 12.2. The van der Waals surface area contributed by atoms with E-state index in [9.17, 15) is 31.5 Å². The van der Waals surface area contributed by atoms with Crippen LogP contribution in [0.4, 0.5) is 13.2 Å². The van der Waals surface area contributed by atoms with Gasteiger partial charge in [-0.25, -0.2) is 17.8 Å². The monoisotopic (exact) mass is 490 g/mol. The fraction of sp³-hybridized carbons (Fsp3) is 0.714. The summed E-state index contributed by atoms with van der Waals surface area (Å²) in [6.07, 6.45) is 2.80. The molecule has 4 aliphatic carbocycles. The number of amides is 1. The highest BCUT2D eigenvalue weighted by Gasteiger charge is 2.55. The van der Waals surface area contributed by atoms with E-state index in [1.165, 1.54) is 19.9 Å². The van der Waals surface area contributed by atoms with Gasteiger partial charge in [0, 0.05) is 17.8 Å². The predicted molar refractivity (Wildman–Crippen MR) is 114 cm³/mol. The molecule has 1 aromatic heterocycles. The molecular formula is C21H29F3N4O4S. The number of aromatic nitrogens is 2. The maximum Gasteiger partial charge on any atom is 0.434 e. The SMILES string of the molecule is CC(C)(/C=C/n1ncc(C(=O)N[C@H]2C3CC4CC2C[C@](O)(C4)C3)c1C(F)(F)F)NS(C)(=O)=O. The van der Waals surface area contributed by atoms with Gasteiger partial charge in [0.2, 0.25) is 10.0 Å². The number of hydrogen-bond donors (Lipinski definition) is 3. The highest BCUT2D eigenvalue weighted by Crippen LogP contribution is 2.55. The lowest BCUT2D eigenvalue weighted by atomic mass is 9.52. The second kappa shape index (κ2) is 7.81. The van der Waals surface area contributed by atoms with E-state index in [4.69, 9.17) is 0 Å². The van der Waals surface area contributed by atoms with Crippen LogP contribution < -0.4 is 10.0 Å². The van der Waals surface area contributed by atoms with Gasteiger partial charge in [0.25, 0.3) is 5.91 Å². The van der Waals surface area contributed by atoms with Crippen LogP contribution in [0.25, 0.3) is 6.20 Å². The molecule has 0 aliphatic heterocycles. The van der Waals surface area contributed by atoms with E-state index in [0.717, 1.165) is 37.9 Å². The standard InChI is InChI=1S/C21H29F3N4O4S/c1-19(2,27-33(3,31)32)4-5-28-17(21(22,23)24)15(11-25-28)18(29)26-16-13-6-12-7-14(16)10-20(30,8-12)9-13/h4-5,11-14,16,27,30H,6-10H2,1-3H3,(H,26,29)/b5-4+/t12?,13?,14?,16-,20-. The van der Waals surface area contributed by atoms with E-state index < -0.39 is 44.5 Å². The number of aliphatic hydroxyl groups is 1. The summed E-state index contributed by atoms with van der Waals surface area (Å²) < 4.78 is 67.5. The minimum Gasteiger partial charge on any atom is -0.390 e. The van der Waals surface area contributed by atoms with Crippen LogP contribution in [0, 0.1) is 17.8 Å². The maximum atomic E-state index is 13.9. The molecule has 4 saturated carbocycles. The molecule has 0 radical (unpaired) electrons. The van der Waals surface area contributed by atoms with Crippen LogP contribution in [0.3, 0.4) is 0 Å². The lowest BCUT2D eigenvalue weighted by Gasteiger charge is -2.58. The fourth-order valence-electron chi connectivity index (χ4n) is 6.14. The van der Waals surface area contributed by atoms with Gasteiger partial charge in [-0.1, -0.05) is 0 Å². The van der Waals surface area contributed by atoms with E-state index in [0.29, 0.717) is 23.4 Å². The second-order valence-electron chi connectivity index (χ2n) is 10.5. The lowest BCUT2D eigenvalue weighted by molar-refractivity contribution is -0.143. The summed E-state index contributed by atoms with van der Waals surface area (Å²) in [6.45, 7) is 2.96. The molecule has 4 bridgehead atoms. The van der Waals surface area contributed by atoms with Gasteiger partial charge in [0.1, 0.15) is 0 Å². The van der Waals surface area contributed by atoms with Gasteiger partial charge in [0.15, 0.2) is 5.69 Å². The van der Waals surface area contributed by atoms with Gasteiger partial charge in [-0.05, 0) is 69.8 Å². The fourth-order valence-corrected chi connectivity index (χ4v) is 7.16. The Morgan fingerprint density at radius 1 is 1.24 bits per heavy atom. The van der Waals surface area contributed by atoms with Gasteiger partial charge in [-0.3, -0.25) is 4.79 Å². The Kier molecular flexibility index (Phi) is 5.73. The number of sulfonamides is 1. The smallest absolute Gasteiger partial charge is 0.390 e. The first-order chi connectivity index (χ1) is 15.1. The quantitative estimate of drug-likeness (QED) is 0.567. The zero-order valence-corrected chi connectivity index (χ0v) is 19.5. The third kappa shape index (κ3) is 5.12. The number of carbonyl (C=O) groups excluding carboxylic acids is 1. The van der Waals surface area contributed by atoms with Crippen LogP contribution in [0.15, 0.2) is 12.3 Å². The first kappa shape index (κ1) is 24.2. The number of carbonyl (C=O) groups is 1.